The fraction of sp³-hybridized carbons (Fsp3) is 0.292. The summed E-state index contributed by atoms with van der Waals surface area (Å²) in [5.74, 6) is 0.348. The van der Waals surface area contributed by atoms with Crippen molar-refractivity contribution in [2.45, 2.75) is 18.2 Å². The van der Waals surface area contributed by atoms with Crippen molar-refractivity contribution in [1.29, 1.82) is 5.26 Å². The van der Waals surface area contributed by atoms with E-state index in [0.717, 1.165) is 16.5 Å². The number of fused-ring (bicyclic) bond motifs is 1. The maximum Gasteiger partial charge on any atom is 0.260 e. The molecule has 0 atom stereocenters. The average Bonchev–Trinajstić information content (AvgIpc) is 2.83. The molecule has 0 aliphatic carbocycles. The first-order chi connectivity index (χ1) is 15.9. The number of nitrogens with zero attached hydrogens (tertiary/aromatic N) is 4. The molecule has 1 aliphatic heterocycles. The molecule has 4 rings (SSSR count). The number of nitriles is 1. The van der Waals surface area contributed by atoms with Gasteiger partial charge in [0.1, 0.15) is 10.6 Å². The minimum Gasteiger partial charge on any atom is -0.484 e. The Hall–Kier alpha value is -3.48. The number of sulfonamides is 1. The van der Waals surface area contributed by atoms with E-state index in [1.807, 2.05) is 19.1 Å². The van der Waals surface area contributed by atoms with Gasteiger partial charge in [-0.05, 0) is 42.3 Å². The first kappa shape index (κ1) is 22.7. The summed E-state index contributed by atoms with van der Waals surface area (Å²) >= 11 is 0. The molecule has 1 aliphatic rings. The number of benzene rings is 2. The van der Waals surface area contributed by atoms with Gasteiger partial charge >= 0.3 is 0 Å². The fourth-order valence-corrected chi connectivity index (χ4v) is 5.39. The summed E-state index contributed by atoms with van der Waals surface area (Å²) in [7, 11) is -3.74. The summed E-state index contributed by atoms with van der Waals surface area (Å²) in [6.45, 7) is 2.78. The largest absolute Gasteiger partial charge is 0.484 e. The lowest BCUT2D eigenvalue weighted by molar-refractivity contribution is -0.134. The number of rotatable bonds is 6. The van der Waals surface area contributed by atoms with Crippen LogP contribution in [-0.2, 0) is 21.2 Å². The quantitative estimate of drug-likeness (QED) is 0.555. The van der Waals surface area contributed by atoms with Crippen LogP contribution in [0.1, 0.15) is 11.1 Å². The lowest BCUT2D eigenvalue weighted by Gasteiger charge is -2.34. The van der Waals surface area contributed by atoms with E-state index in [9.17, 15) is 13.2 Å². The Balaban J connectivity index is 1.37. The smallest absolute Gasteiger partial charge is 0.260 e. The van der Waals surface area contributed by atoms with Crippen molar-refractivity contribution in [3.05, 3.63) is 65.9 Å². The summed E-state index contributed by atoms with van der Waals surface area (Å²) in [4.78, 5) is 18.7. The van der Waals surface area contributed by atoms with E-state index in [1.54, 1.807) is 47.5 Å². The number of carbonyl (C=O) groups excluding carboxylic acids is 1. The summed E-state index contributed by atoms with van der Waals surface area (Å²) in [6, 6.07) is 16.2. The molecule has 1 fully saturated rings. The second-order valence-corrected chi connectivity index (χ2v) is 9.80. The van der Waals surface area contributed by atoms with Crippen molar-refractivity contribution in [2.24, 2.45) is 0 Å². The highest BCUT2D eigenvalue weighted by atomic mass is 32.2. The van der Waals surface area contributed by atoms with E-state index < -0.39 is 10.0 Å². The Bertz CT molecular complexity index is 1310. The van der Waals surface area contributed by atoms with Crippen LogP contribution in [0.2, 0.25) is 0 Å². The summed E-state index contributed by atoms with van der Waals surface area (Å²) in [5.41, 5.74) is 2.30. The maximum atomic E-state index is 13.3. The van der Waals surface area contributed by atoms with Crippen LogP contribution < -0.4 is 4.74 Å². The standard InChI is InChI=1S/C24H24N4O4S/c1-18-15-20-3-2-4-22(24(20)26-16-18)33(30,31)28-13-11-27(12-14-28)23(29)17-32-21-7-5-19(6-8-21)9-10-25/h2-8,15-16H,9,11-14,17H2,1H3. The van der Waals surface area contributed by atoms with Crippen molar-refractivity contribution in [3.63, 3.8) is 0 Å². The maximum absolute atomic E-state index is 13.3. The van der Waals surface area contributed by atoms with Gasteiger partial charge in [-0.3, -0.25) is 9.78 Å². The van der Waals surface area contributed by atoms with Crippen LogP contribution in [-0.4, -0.2) is 61.3 Å². The molecular weight excluding hydrogens is 440 g/mol. The zero-order valence-electron chi connectivity index (χ0n) is 18.3. The van der Waals surface area contributed by atoms with E-state index in [-0.39, 0.29) is 30.5 Å². The van der Waals surface area contributed by atoms with E-state index in [0.29, 0.717) is 30.8 Å². The third-order valence-electron chi connectivity index (χ3n) is 5.59. The number of amides is 1. The molecule has 1 saturated heterocycles. The van der Waals surface area contributed by atoms with Gasteiger partial charge in [0.25, 0.3) is 5.91 Å². The van der Waals surface area contributed by atoms with E-state index >= 15 is 0 Å². The molecule has 0 radical (unpaired) electrons. The van der Waals surface area contributed by atoms with Crippen molar-refractivity contribution >= 4 is 26.8 Å². The second-order valence-electron chi connectivity index (χ2n) is 7.89. The Labute approximate surface area is 193 Å². The van der Waals surface area contributed by atoms with Crippen LogP contribution in [0.3, 0.4) is 0 Å². The van der Waals surface area contributed by atoms with Crippen LogP contribution in [0.15, 0.2) is 59.6 Å². The number of hydrogen-bond acceptors (Lipinski definition) is 6. The SMILES string of the molecule is Cc1cnc2c(S(=O)(=O)N3CCN(C(=O)COc4ccc(CC#N)cc4)CC3)cccc2c1. The lowest BCUT2D eigenvalue weighted by Crippen LogP contribution is -2.51. The molecule has 33 heavy (non-hydrogen) atoms. The molecule has 1 amide bonds. The molecule has 0 bridgehead atoms. The third-order valence-corrected chi connectivity index (χ3v) is 7.52. The predicted octanol–water partition coefficient (Wildman–Crippen LogP) is 2.52. The molecule has 2 aromatic carbocycles. The molecule has 0 saturated carbocycles. The van der Waals surface area contributed by atoms with Crippen LogP contribution in [0.5, 0.6) is 5.75 Å². The molecular formula is C24H24N4O4S. The van der Waals surface area contributed by atoms with Crippen LogP contribution in [0.25, 0.3) is 10.9 Å². The van der Waals surface area contributed by atoms with Gasteiger partial charge in [-0.15, -0.1) is 0 Å². The number of para-hydroxylation sites is 1. The molecule has 0 spiro atoms. The minimum absolute atomic E-state index is 0.128. The van der Waals surface area contributed by atoms with Crippen molar-refractivity contribution in [1.82, 2.24) is 14.2 Å². The number of aryl methyl sites for hydroxylation is 1. The second kappa shape index (κ2) is 9.57. The number of ether oxygens (including phenoxy) is 1. The highest BCUT2D eigenvalue weighted by Gasteiger charge is 2.31. The number of piperazine rings is 1. The Morgan fingerprint density at radius 1 is 1.12 bits per heavy atom. The topological polar surface area (TPSA) is 104 Å². The monoisotopic (exact) mass is 464 g/mol. The van der Waals surface area contributed by atoms with Crippen molar-refractivity contribution in [2.75, 3.05) is 32.8 Å². The molecule has 2 heterocycles. The van der Waals surface area contributed by atoms with E-state index in [1.165, 1.54) is 4.31 Å². The predicted molar refractivity (Wildman–Crippen MR) is 123 cm³/mol. The molecule has 0 N–H and O–H groups in total. The third kappa shape index (κ3) is 4.97. The van der Waals surface area contributed by atoms with Gasteiger partial charge in [0, 0.05) is 37.8 Å². The molecule has 8 nitrogen and oxygen atoms in total. The number of aromatic nitrogens is 1. The Morgan fingerprint density at radius 3 is 2.55 bits per heavy atom. The Morgan fingerprint density at radius 2 is 1.85 bits per heavy atom. The normalized spacial score (nSPS) is 14.7. The lowest BCUT2D eigenvalue weighted by atomic mass is 10.2. The molecule has 9 heteroatoms. The van der Waals surface area contributed by atoms with Gasteiger partial charge in [-0.25, -0.2) is 8.42 Å². The van der Waals surface area contributed by atoms with Gasteiger partial charge in [-0.2, -0.15) is 9.57 Å². The average molecular weight is 465 g/mol. The number of carbonyl (C=O) groups is 1. The first-order valence-corrected chi connectivity index (χ1v) is 12.0. The van der Waals surface area contributed by atoms with Gasteiger partial charge in [0.05, 0.1) is 18.0 Å². The molecule has 170 valence electrons. The highest BCUT2D eigenvalue weighted by Crippen LogP contribution is 2.25. The van der Waals surface area contributed by atoms with Gasteiger partial charge in [-0.1, -0.05) is 24.3 Å². The van der Waals surface area contributed by atoms with E-state index in [4.69, 9.17) is 10.00 Å². The number of pyridine rings is 1. The molecule has 1 aromatic heterocycles. The highest BCUT2D eigenvalue weighted by molar-refractivity contribution is 7.89. The summed E-state index contributed by atoms with van der Waals surface area (Å²) < 4.78 is 33.5. The van der Waals surface area contributed by atoms with Gasteiger partial charge in [0.2, 0.25) is 10.0 Å². The zero-order valence-corrected chi connectivity index (χ0v) is 19.1. The Kier molecular flexibility index (Phi) is 6.58. The first-order valence-electron chi connectivity index (χ1n) is 10.6. The van der Waals surface area contributed by atoms with E-state index in [2.05, 4.69) is 11.1 Å². The summed E-state index contributed by atoms with van der Waals surface area (Å²) in [6.07, 6.45) is 1.98. The molecule has 3 aromatic rings. The van der Waals surface area contributed by atoms with Crippen LogP contribution in [0.4, 0.5) is 0 Å². The van der Waals surface area contributed by atoms with Crippen molar-refractivity contribution < 1.29 is 17.9 Å². The van der Waals surface area contributed by atoms with Crippen LogP contribution >= 0.6 is 0 Å². The number of hydrogen-bond donors (Lipinski definition) is 0. The van der Waals surface area contributed by atoms with Gasteiger partial charge < -0.3 is 9.64 Å². The summed E-state index contributed by atoms with van der Waals surface area (Å²) in [5, 5.41) is 9.50. The van der Waals surface area contributed by atoms with Crippen molar-refractivity contribution in [3.8, 4) is 11.8 Å². The van der Waals surface area contributed by atoms with Gasteiger partial charge in [0.15, 0.2) is 6.61 Å². The fourth-order valence-electron chi connectivity index (χ4n) is 3.80. The minimum atomic E-state index is -3.74. The van der Waals surface area contributed by atoms with Crippen LogP contribution in [0, 0.1) is 18.3 Å². The zero-order chi connectivity index (χ0) is 23.4. The molecule has 0 unspecified atom stereocenters.